The fourth-order valence-corrected chi connectivity index (χ4v) is 3.43. The number of hydrogen-bond acceptors (Lipinski definition) is 4. The topological polar surface area (TPSA) is 83.6 Å². The first-order valence-electron chi connectivity index (χ1n) is 8.43. The van der Waals surface area contributed by atoms with Gasteiger partial charge in [-0.2, -0.15) is 0 Å². The number of amides is 1. The van der Waals surface area contributed by atoms with Gasteiger partial charge in [0.25, 0.3) is 0 Å². The van der Waals surface area contributed by atoms with Crippen LogP contribution in [-0.2, 0) is 9.59 Å². The second kappa shape index (κ2) is 5.98. The third-order valence-corrected chi connectivity index (χ3v) is 4.63. The Morgan fingerprint density at radius 1 is 1.19 bits per heavy atom. The maximum absolute atomic E-state index is 12.1. The molecular formula is C20H18N2O4. The highest BCUT2D eigenvalue weighted by molar-refractivity contribution is 6.00. The number of rotatable bonds is 3. The molecule has 6 heteroatoms. The van der Waals surface area contributed by atoms with Crippen LogP contribution in [0.2, 0.25) is 0 Å². The van der Waals surface area contributed by atoms with E-state index in [4.69, 9.17) is 9.52 Å². The first-order valence-corrected chi connectivity index (χ1v) is 8.43. The van der Waals surface area contributed by atoms with E-state index in [2.05, 4.69) is 11.1 Å². The molecular weight excluding hydrogens is 332 g/mol. The number of oxazole rings is 1. The number of carboxylic acid groups (broad SMARTS) is 1. The molecule has 2 heterocycles. The van der Waals surface area contributed by atoms with Gasteiger partial charge in [-0.15, -0.1) is 0 Å². The summed E-state index contributed by atoms with van der Waals surface area (Å²) in [6.07, 6.45) is 0.0278. The number of aryl methyl sites for hydroxylation is 2. The van der Waals surface area contributed by atoms with E-state index in [0.29, 0.717) is 22.7 Å². The van der Waals surface area contributed by atoms with E-state index in [1.54, 1.807) is 18.2 Å². The van der Waals surface area contributed by atoms with Gasteiger partial charge in [0.1, 0.15) is 5.52 Å². The van der Waals surface area contributed by atoms with Gasteiger partial charge in [0, 0.05) is 24.2 Å². The second-order valence-electron chi connectivity index (χ2n) is 6.79. The van der Waals surface area contributed by atoms with Crippen molar-refractivity contribution in [1.82, 2.24) is 4.98 Å². The Bertz CT molecular complexity index is 1020. The number of hydrogen-bond donors (Lipinski definition) is 1. The normalized spacial score (nSPS) is 17.2. The zero-order chi connectivity index (χ0) is 18.4. The van der Waals surface area contributed by atoms with Crippen LogP contribution in [0.3, 0.4) is 0 Å². The van der Waals surface area contributed by atoms with E-state index in [-0.39, 0.29) is 18.9 Å². The molecule has 1 N–H and O–H groups in total. The lowest BCUT2D eigenvalue weighted by Gasteiger charge is -2.15. The van der Waals surface area contributed by atoms with Crippen molar-refractivity contribution in [2.24, 2.45) is 5.92 Å². The molecule has 26 heavy (non-hydrogen) atoms. The van der Waals surface area contributed by atoms with Crippen LogP contribution >= 0.6 is 0 Å². The third-order valence-electron chi connectivity index (χ3n) is 4.63. The van der Waals surface area contributed by atoms with Gasteiger partial charge in [0.15, 0.2) is 5.58 Å². The minimum absolute atomic E-state index is 0.0278. The van der Waals surface area contributed by atoms with E-state index in [1.165, 1.54) is 4.90 Å². The van der Waals surface area contributed by atoms with Crippen LogP contribution < -0.4 is 4.90 Å². The van der Waals surface area contributed by atoms with Crippen molar-refractivity contribution in [3.8, 4) is 11.5 Å². The Kier molecular flexibility index (Phi) is 3.76. The zero-order valence-corrected chi connectivity index (χ0v) is 14.5. The number of benzene rings is 2. The van der Waals surface area contributed by atoms with Crippen LogP contribution in [0.5, 0.6) is 0 Å². The Morgan fingerprint density at radius 3 is 2.58 bits per heavy atom. The fraction of sp³-hybridized carbons (Fsp3) is 0.250. The molecule has 0 bridgehead atoms. The maximum atomic E-state index is 12.1. The highest BCUT2D eigenvalue weighted by atomic mass is 16.4. The van der Waals surface area contributed by atoms with Crippen molar-refractivity contribution in [3.63, 3.8) is 0 Å². The third kappa shape index (κ3) is 2.83. The number of nitrogens with zero attached hydrogens (tertiary/aromatic N) is 2. The molecule has 1 atom stereocenters. The van der Waals surface area contributed by atoms with Crippen molar-refractivity contribution in [2.45, 2.75) is 20.3 Å². The van der Waals surface area contributed by atoms with Crippen LogP contribution in [0.25, 0.3) is 22.6 Å². The molecule has 1 fully saturated rings. The molecule has 0 saturated carbocycles. The van der Waals surface area contributed by atoms with Crippen molar-refractivity contribution in [2.75, 3.05) is 11.4 Å². The summed E-state index contributed by atoms with van der Waals surface area (Å²) in [6, 6.07) is 11.4. The average Bonchev–Trinajstić information content (AvgIpc) is 3.16. The maximum Gasteiger partial charge on any atom is 0.308 e. The minimum Gasteiger partial charge on any atom is -0.481 e. The van der Waals surface area contributed by atoms with Crippen LogP contribution in [0, 0.1) is 19.8 Å². The molecule has 0 spiro atoms. The lowest BCUT2D eigenvalue weighted by atomic mass is 10.1. The quantitative estimate of drug-likeness (QED) is 0.781. The molecule has 1 aliphatic rings. The summed E-state index contributed by atoms with van der Waals surface area (Å²) in [5.41, 5.74) is 5.08. The first kappa shape index (κ1) is 16.3. The minimum atomic E-state index is -0.944. The van der Waals surface area contributed by atoms with Gasteiger partial charge < -0.3 is 14.4 Å². The van der Waals surface area contributed by atoms with Crippen LogP contribution in [0.15, 0.2) is 40.8 Å². The summed E-state index contributed by atoms with van der Waals surface area (Å²) in [4.78, 5) is 29.4. The Balaban J connectivity index is 1.70. The first-order chi connectivity index (χ1) is 12.4. The lowest BCUT2D eigenvalue weighted by Crippen LogP contribution is -2.25. The lowest BCUT2D eigenvalue weighted by molar-refractivity contribution is -0.141. The van der Waals surface area contributed by atoms with Crippen LogP contribution in [0.4, 0.5) is 5.69 Å². The number of fused-ring (bicyclic) bond motifs is 1. The van der Waals surface area contributed by atoms with Gasteiger partial charge in [-0.25, -0.2) is 4.98 Å². The van der Waals surface area contributed by atoms with Crippen molar-refractivity contribution in [3.05, 3.63) is 47.5 Å². The van der Waals surface area contributed by atoms with Crippen LogP contribution in [-0.4, -0.2) is 28.5 Å². The van der Waals surface area contributed by atoms with E-state index in [9.17, 15) is 9.59 Å². The van der Waals surface area contributed by atoms with E-state index in [1.807, 2.05) is 26.0 Å². The molecule has 1 saturated heterocycles. The highest BCUT2D eigenvalue weighted by Gasteiger charge is 2.35. The summed E-state index contributed by atoms with van der Waals surface area (Å²) in [7, 11) is 0. The SMILES string of the molecule is Cc1cc(C)cc(-c2nc3cc(N4C[C@@H](C(=O)O)CC4=O)ccc3o2)c1. The van der Waals surface area contributed by atoms with Gasteiger partial charge in [-0.1, -0.05) is 17.2 Å². The Labute approximate surface area is 150 Å². The molecule has 0 radical (unpaired) electrons. The average molecular weight is 350 g/mol. The van der Waals surface area contributed by atoms with Crippen molar-refractivity contribution >= 4 is 28.7 Å². The fourth-order valence-electron chi connectivity index (χ4n) is 3.43. The standard InChI is InChI=1S/C20H18N2O4/c1-11-5-12(2)7-13(6-11)19-21-16-9-15(3-4-17(16)26-19)22-10-14(20(24)25)8-18(22)23/h3-7,9,14H,8,10H2,1-2H3,(H,24,25)/t14-/m0/s1. The number of carboxylic acids is 1. The van der Waals surface area contributed by atoms with E-state index < -0.39 is 11.9 Å². The van der Waals surface area contributed by atoms with Gasteiger partial charge in [0.2, 0.25) is 11.8 Å². The molecule has 132 valence electrons. The van der Waals surface area contributed by atoms with Gasteiger partial charge in [-0.05, 0) is 44.2 Å². The summed E-state index contributed by atoms with van der Waals surface area (Å²) in [5, 5.41) is 9.14. The van der Waals surface area contributed by atoms with Crippen molar-refractivity contribution in [1.29, 1.82) is 0 Å². The number of carbonyl (C=O) groups excluding carboxylic acids is 1. The van der Waals surface area contributed by atoms with Crippen molar-refractivity contribution < 1.29 is 19.1 Å². The number of carbonyl (C=O) groups is 2. The van der Waals surface area contributed by atoms with Gasteiger partial charge in [0.05, 0.1) is 5.92 Å². The molecule has 4 rings (SSSR count). The summed E-state index contributed by atoms with van der Waals surface area (Å²) < 4.78 is 5.86. The Hall–Kier alpha value is -3.15. The largest absolute Gasteiger partial charge is 0.481 e. The molecule has 2 aromatic carbocycles. The summed E-state index contributed by atoms with van der Waals surface area (Å²) in [5.74, 6) is -1.27. The predicted octanol–water partition coefficient (Wildman–Crippen LogP) is 3.55. The monoisotopic (exact) mass is 350 g/mol. The Morgan fingerprint density at radius 2 is 1.92 bits per heavy atom. The molecule has 1 amide bonds. The number of aliphatic carboxylic acids is 1. The van der Waals surface area contributed by atoms with Crippen LogP contribution in [0.1, 0.15) is 17.5 Å². The highest BCUT2D eigenvalue weighted by Crippen LogP contribution is 2.31. The molecule has 1 aliphatic heterocycles. The van der Waals surface area contributed by atoms with E-state index in [0.717, 1.165) is 16.7 Å². The van der Waals surface area contributed by atoms with E-state index >= 15 is 0 Å². The smallest absolute Gasteiger partial charge is 0.308 e. The summed E-state index contributed by atoms with van der Waals surface area (Å²) in [6.45, 7) is 4.23. The molecule has 0 aliphatic carbocycles. The summed E-state index contributed by atoms with van der Waals surface area (Å²) >= 11 is 0. The second-order valence-corrected chi connectivity index (χ2v) is 6.79. The zero-order valence-electron chi connectivity index (χ0n) is 14.5. The van der Waals surface area contributed by atoms with Gasteiger partial charge in [-0.3, -0.25) is 9.59 Å². The molecule has 1 aromatic heterocycles. The molecule has 0 unspecified atom stereocenters. The molecule has 3 aromatic rings. The predicted molar refractivity (Wildman–Crippen MR) is 97.0 cm³/mol. The molecule has 6 nitrogen and oxygen atoms in total. The number of anilines is 1. The van der Waals surface area contributed by atoms with Gasteiger partial charge >= 0.3 is 5.97 Å². The number of aromatic nitrogens is 1.